The van der Waals surface area contributed by atoms with Crippen molar-refractivity contribution in [2.24, 2.45) is 5.73 Å². The molecule has 4 heteroatoms. The summed E-state index contributed by atoms with van der Waals surface area (Å²) in [6, 6.07) is 7.79. The fraction of sp³-hybridized carbons (Fsp3) is 0.250. The van der Waals surface area contributed by atoms with E-state index in [1.165, 1.54) is 5.56 Å². The van der Waals surface area contributed by atoms with E-state index in [-0.39, 0.29) is 24.8 Å². The fourth-order valence-electron chi connectivity index (χ4n) is 0.851. The van der Waals surface area contributed by atoms with Gasteiger partial charge in [-0.15, -0.1) is 24.8 Å². The van der Waals surface area contributed by atoms with Crippen LogP contribution in [0.15, 0.2) is 24.3 Å². The second-order valence-corrected chi connectivity index (χ2v) is 2.28. The molecule has 0 saturated carbocycles. The van der Waals surface area contributed by atoms with Gasteiger partial charge in [0.05, 0.1) is 0 Å². The summed E-state index contributed by atoms with van der Waals surface area (Å²) in [4.78, 5) is 0. The van der Waals surface area contributed by atoms with Crippen molar-refractivity contribution in [1.29, 1.82) is 0 Å². The highest BCUT2D eigenvalue weighted by Gasteiger charge is 1.88. The molecule has 0 bridgehead atoms. The number of hydrogen-bond donors (Lipinski definition) is 2. The van der Waals surface area contributed by atoms with Crippen LogP contribution in [0.5, 0.6) is 0 Å². The molecule has 0 unspecified atom stereocenters. The SMILES string of the molecule is Cl.Cl.NCCc1ccc(N)cc1. The van der Waals surface area contributed by atoms with E-state index in [0.717, 1.165) is 12.1 Å². The summed E-state index contributed by atoms with van der Waals surface area (Å²) in [6.45, 7) is 0.698. The van der Waals surface area contributed by atoms with Gasteiger partial charge in [0.2, 0.25) is 0 Å². The van der Waals surface area contributed by atoms with E-state index in [0.29, 0.717) is 6.54 Å². The molecular formula is C8H14Cl2N2. The molecule has 1 rings (SSSR count). The van der Waals surface area contributed by atoms with Gasteiger partial charge >= 0.3 is 0 Å². The van der Waals surface area contributed by atoms with Crippen molar-refractivity contribution in [1.82, 2.24) is 0 Å². The molecule has 0 aliphatic heterocycles. The maximum atomic E-state index is 5.49. The summed E-state index contributed by atoms with van der Waals surface area (Å²) in [5.74, 6) is 0. The molecule has 4 N–H and O–H groups in total. The van der Waals surface area contributed by atoms with Crippen molar-refractivity contribution in [2.45, 2.75) is 6.42 Å². The highest BCUT2D eigenvalue weighted by molar-refractivity contribution is 5.85. The topological polar surface area (TPSA) is 52.0 Å². The van der Waals surface area contributed by atoms with Gasteiger partial charge in [0.15, 0.2) is 0 Å². The van der Waals surface area contributed by atoms with Gasteiger partial charge < -0.3 is 11.5 Å². The molecular weight excluding hydrogens is 195 g/mol. The Balaban J connectivity index is 0. The first-order valence-electron chi connectivity index (χ1n) is 3.37. The number of rotatable bonds is 2. The molecule has 0 amide bonds. The molecule has 0 atom stereocenters. The third-order valence-electron chi connectivity index (χ3n) is 1.41. The lowest BCUT2D eigenvalue weighted by atomic mass is 10.1. The highest BCUT2D eigenvalue weighted by atomic mass is 35.5. The van der Waals surface area contributed by atoms with Crippen LogP contribution in [-0.2, 0) is 6.42 Å². The lowest BCUT2D eigenvalue weighted by molar-refractivity contribution is 0.969. The van der Waals surface area contributed by atoms with Crippen LogP contribution < -0.4 is 11.5 Å². The van der Waals surface area contributed by atoms with Crippen LogP contribution in [0.25, 0.3) is 0 Å². The summed E-state index contributed by atoms with van der Waals surface area (Å²) in [7, 11) is 0. The number of anilines is 1. The van der Waals surface area contributed by atoms with Crippen LogP contribution in [0.4, 0.5) is 5.69 Å². The molecule has 0 saturated heterocycles. The van der Waals surface area contributed by atoms with Gasteiger partial charge in [-0.3, -0.25) is 0 Å². The molecule has 0 aliphatic carbocycles. The van der Waals surface area contributed by atoms with Gasteiger partial charge in [0, 0.05) is 5.69 Å². The number of halogens is 2. The zero-order valence-electron chi connectivity index (χ0n) is 6.69. The summed E-state index contributed by atoms with van der Waals surface area (Å²) in [5, 5.41) is 0. The maximum Gasteiger partial charge on any atom is 0.0314 e. The minimum Gasteiger partial charge on any atom is -0.399 e. The van der Waals surface area contributed by atoms with E-state index in [2.05, 4.69) is 0 Å². The van der Waals surface area contributed by atoms with Gasteiger partial charge in [-0.2, -0.15) is 0 Å². The quantitative estimate of drug-likeness (QED) is 0.727. The van der Waals surface area contributed by atoms with Crippen molar-refractivity contribution in [3.05, 3.63) is 29.8 Å². The van der Waals surface area contributed by atoms with E-state index < -0.39 is 0 Å². The Morgan fingerprint density at radius 3 is 1.92 bits per heavy atom. The van der Waals surface area contributed by atoms with Crippen LogP contribution in [0.1, 0.15) is 5.56 Å². The average molecular weight is 209 g/mol. The number of benzene rings is 1. The van der Waals surface area contributed by atoms with E-state index in [1.54, 1.807) is 0 Å². The Bertz CT molecular complexity index is 199. The summed E-state index contributed by atoms with van der Waals surface area (Å²) < 4.78 is 0. The number of nitrogens with two attached hydrogens (primary N) is 2. The summed E-state index contributed by atoms with van der Waals surface area (Å²) >= 11 is 0. The van der Waals surface area contributed by atoms with Gasteiger partial charge in [-0.1, -0.05) is 12.1 Å². The first-order chi connectivity index (χ1) is 4.83. The predicted octanol–water partition coefficient (Wildman–Crippen LogP) is 1.61. The average Bonchev–Trinajstić information content (AvgIpc) is 1.95. The third kappa shape index (κ3) is 4.44. The van der Waals surface area contributed by atoms with Crippen LogP contribution in [0.2, 0.25) is 0 Å². The molecule has 0 heterocycles. The Hall–Kier alpha value is -0.440. The summed E-state index contributed by atoms with van der Waals surface area (Å²) in [6.07, 6.45) is 0.931. The Kier molecular flexibility index (Phi) is 8.49. The summed E-state index contributed by atoms with van der Waals surface area (Å²) in [5.41, 5.74) is 12.9. The number of nitrogen functional groups attached to an aromatic ring is 1. The normalized spacial score (nSPS) is 8.08. The molecule has 2 nitrogen and oxygen atoms in total. The molecule has 12 heavy (non-hydrogen) atoms. The standard InChI is InChI=1S/C8H12N2.2ClH/c9-6-5-7-1-3-8(10)4-2-7;;/h1-4H,5-6,9-10H2;2*1H. The van der Waals surface area contributed by atoms with Crippen LogP contribution in [-0.4, -0.2) is 6.54 Å². The predicted molar refractivity (Wildman–Crippen MR) is 58.1 cm³/mol. The van der Waals surface area contributed by atoms with E-state index in [1.807, 2.05) is 24.3 Å². The molecule has 70 valence electrons. The second kappa shape index (κ2) is 7.22. The first kappa shape index (κ1) is 14.1. The van der Waals surface area contributed by atoms with Crippen molar-refractivity contribution >= 4 is 30.5 Å². The van der Waals surface area contributed by atoms with Gasteiger partial charge in [-0.25, -0.2) is 0 Å². The van der Waals surface area contributed by atoms with E-state index in [4.69, 9.17) is 11.5 Å². The number of hydrogen-bond acceptors (Lipinski definition) is 2. The fourth-order valence-corrected chi connectivity index (χ4v) is 0.851. The molecule has 0 aliphatic rings. The Morgan fingerprint density at radius 1 is 1.00 bits per heavy atom. The van der Waals surface area contributed by atoms with Crippen molar-refractivity contribution in [3.63, 3.8) is 0 Å². The molecule has 1 aromatic carbocycles. The lowest BCUT2D eigenvalue weighted by Crippen LogP contribution is -2.02. The van der Waals surface area contributed by atoms with E-state index >= 15 is 0 Å². The first-order valence-corrected chi connectivity index (χ1v) is 3.37. The second-order valence-electron chi connectivity index (χ2n) is 2.28. The zero-order chi connectivity index (χ0) is 7.40. The molecule has 1 aromatic rings. The highest BCUT2D eigenvalue weighted by Crippen LogP contribution is 2.04. The largest absolute Gasteiger partial charge is 0.399 e. The molecule has 0 spiro atoms. The van der Waals surface area contributed by atoms with Gasteiger partial charge in [-0.05, 0) is 30.7 Å². The molecule has 0 radical (unpaired) electrons. The Morgan fingerprint density at radius 2 is 1.50 bits per heavy atom. The zero-order valence-corrected chi connectivity index (χ0v) is 8.33. The molecule has 0 fully saturated rings. The third-order valence-corrected chi connectivity index (χ3v) is 1.41. The maximum absolute atomic E-state index is 5.49. The smallest absolute Gasteiger partial charge is 0.0314 e. The van der Waals surface area contributed by atoms with Crippen LogP contribution in [0.3, 0.4) is 0 Å². The minimum atomic E-state index is 0. The lowest BCUT2D eigenvalue weighted by Gasteiger charge is -1.97. The van der Waals surface area contributed by atoms with Crippen molar-refractivity contribution in [3.8, 4) is 0 Å². The van der Waals surface area contributed by atoms with Crippen LogP contribution >= 0.6 is 24.8 Å². The van der Waals surface area contributed by atoms with Crippen LogP contribution in [0, 0.1) is 0 Å². The van der Waals surface area contributed by atoms with Crippen molar-refractivity contribution < 1.29 is 0 Å². The molecule has 0 aromatic heterocycles. The monoisotopic (exact) mass is 208 g/mol. The Labute approximate surface area is 85.1 Å². The van der Waals surface area contributed by atoms with Crippen molar-refractivity contribution in [2.75, 3.05) is 12.3 Å². The van der Waals surface area contributed by atoms with Gasteiger partial charge in [0.1, 0.15) is 0 Å². The van der Waals surface area contributed by atoms with Gasteiger partial charge in [0.25, 0.3) is 0 Å². The van der Waals surface area contributed by atoms with E-state index in [9.17, 15) is 0 Å². The minimum absolute atomic E-state index is 0.